The summed E-state index contributed by atoms with van der Waals surface area (Å²) >= 11 is 0. The standard InChI is InChI=1S/C49H32N2/c1-3-16-33(17-4-1)50(46-28-15-29-47-48(46)39-23-10-14-27-45(39)51(47)34-18-5-2-6-19-34)35-30-31-44-40(32-35)38-22-9-13-26-43(38)49(44)41-24-11-7-20-36(41)37-21-8-12-25-42(37)49/h1-32H. The van der Waals surface area contributed by atoms with E-state index in [0.29, 0.717) is 0 Å². The highest BCUT2D eigenvalue weighted by Crippen LogP contribution is 2.63. The summed E-state index contributed by atoms with van der Waals surface area (Å²) in [5, 5.41) is 2.47. The Kier molecular flexibility index (Phi) is 5.91. The van der Waals surface area contributed by atoms with Gasteiger partial charge in [-0.2, -0.15) is 0 Å². The Morgan fingerprint density at radius 2 is 0.902 bits per heavy atom. The van der Waals surface area contributed by atoms with Gasteiger partial charge in [0.2, 0.25) is 0 Å². The molecule has 0 N–H and O–H groups in total. The Bertz CT molecular complexity index is 2760. The third kappa shape index (κ3) is 3.76. The highest BCUT2D eigenvalue weighted by Gasteiger charge is 2.51. The fraction of sp³-hybridized carbons (Fsp3) is 0.0204. The number of para-hydroxylation sites is 3. The maximum absolute atomic E-state index is 2.45. The average Bonchev–Trinajstić information content (AvgIpc) is 3.81. The predicted molar refractivity (Wildman–Crippen MR) is 212 cm³/mol. The summed E-state index contributed by atoms with van der Waals surface area (Å²) in [5.74, 6) is 0. The van der Waals surface area contributed by atoms with E-state index in [9.17, 15) is 0 Å². The van der Waals surface area contributed by atoms with Crippen LogP contribution in [0.3, 0.4) is 0 Å². The first-order valence-corrected chi connectivity index (χ1v) is 17.7. The van der Waals surface area contributed by atoms with Crippen molar-refractivity contribution in [3.8, 4) is 27.9 Å². The number of fused-ring (bicyclic) bond motifs is 13. The molecule has 0 saturated carbocycles. The molecule has 0 unspecified atom stereocenters. The number of rotatable bonds is 4. The Morgan fingerprint density at radius 1 is 0.373 bits per heavy atom. The van der Waals surface area contributed by atoms with Gasteiger partial charge in [-0.1, -0.05) is 140 Å². The van der Waals surface area contributed by atoms with Crippen LogP contribution in [0.1, 0.15) is 22.3 Å². The second kappa shape index (κ2) is 10.7. The fourth-order valence-electron chi connectivity index (χ4n) is 9.27. The maximum atomic E-state index is 2.45. The lowest BCUT2D eigenvalue weighted by atomic mass is 9.70. The Labute approximate surface area is 297 Å². The van der Waals surface area contributed by atoms with Gasteiger partial charge in [0.15, 0.2) is 0 Å². The van der Waals surface area contributed by atoms with E-state index in [4.69, 9.17) is 0 Å². The molecule has 1 heterocycles. The molecule has 1 spiro atoms. The van der Waals surface area contributed by atoms with Crippen LogP contribution in [0, 0.1) is 0 Å². The van der Waals surface area contributed by atoms with Crippen molar-refractivity contribution in [2.45, 2.75) is 5.41 Å². The number of hydrogen-bond donors (Lipinski definition) is 0. The van der Waals surface area contributed by atoms with Crippen molar-refractivity contribution in [1.82, 2.24) is 4.57 Å². The summed E-state index contributed by atoms with van der Waals surface area (Å²) in [7, 11) is 0. The topological polar surface area (TPSA) is 8.17 Å². The number of hydrogen-bond acceptors (Lipinski definition) is 1. The van der Waals surface area contributed by atoms with E-state index in [1.54, 1.807) is 0 Å². The molecule has 0 amide bonds. The van der Waals surface area contributed by atoms with Gasteiger partial charge < -0.3 is 9.47 Å². The minimum absolute atomic E-state index is 0.363. The van der Waals surface area contributed by atoms with Crippen LogP contribution in [-0.2, 0) is 5.41 Å². The summed E-state index contributed by atoms with van der Waals surface area (Å²) in [6.07, 6.45) is 0. The molecule has 0 saturated heterocycles. The van der Waals surface area contributed by atoms with Crippen LogP contribution in [0.4, 0.5) is 17.1 Å². The van der Waals surface area contributed by atoms with Gasteiger partial charge in [-0.25, -0.2) is 0 Å². The van der Waals surface area contributed by atoms with Gasteiger partial charge in [-0.3, -0.25) is 0 Å². The van der Waals surface area contributed by atoms with Crippen molar-refractivity contribution in [3.63, 3.8) is 0 Å². The minimum Gasteiger partial charge on any atom is -0.310 e. The summed E-state index contributed by atoms with van der Waals surface area (Å²) in [6.45, 7) is 0. The molecule has 9 aromatic rings. The minimum atomic E-state index is -0.363. The molecule has 0 atom stereocenters. The zero-order valence-corrected chi connectivity index (χ0v) is 27.9. The quantitative estimate of drug-likeness (QED) is 0.184. The monoisotopic (exact) mass is 648 g/mol. The molecule has 2 heteroatoms. The van der Waals surface area contributed by atoms with Gasteiger partial charge in [0.1, 0.15) is 0 Å². The summed E-state index contributed by atoms with van der Waals surface area (Å²) < 4.78 is 2.40. The molecule has 2 aliphatic rings. The Balaban J connectivity index is 1.20. The van der Waals surface area contributed by atoms with Crippen molar-refractivity contribution in [3.05, 3.63) is 216 Å². The summed E-state index contributed by atoms with van der Waals surface area (Å²) in [6, 6.07) is 71.3. The number of nitrogens with zero attached hydrogens (tertiary/aromatic N) is 2. The predicted octanol–water partition coefficient (Wildman–Crippen LogP) is 12.6. The van der Waals surface area contributed by atoms with E-state index in [2.05, 4.69) is 204 Å². The second-order valence-corrected chi connectivity index (χ2v) is 13.6. The summed E-state index contributed by atoms with van der Waals surface area (Å²) in [4.78, 5) is 2.45. The zero-order valence-electron chi connectivity index (χ0n) is 27.9. The maximum Gasteiger partial charge on any atom is 0.0725 e. The van der Waals surface area contributed by atoms with Crippen LogP contribution in [0.25, 0.3) is 49.7 Å². The molecule has 0 fully saturated rings. The van der Waals surface area contributed by atoms with E-state index >= 15 is 0 Å². The Hall–Kier alpha value is -6.64. The first kappa shape index (κ1) is 28.2. The smallest absolute Gasteiger partial charge is 0.0725 e. The van der Waals surface area contributed by atoms with Crippen LogP contribution in [-0.4, -0.2) is 4.57 Å². The van der Waals surface area contributed by atoms with Gasteiger partial charge in [0.25, 0.3) is 0 Å². The average molecular weight is 649 g/mol. The molecule has 1 aromatic heterocycles. The molecule has 238 valence electrons. The van der Waals surface area contributed by atoms with Crippen molar-refractivity contribution >= 4 is 38.9 Å². The molecule has 11 rings (SSSR count). The van der Waals surface area contributed by atoms with E-state index in [-0.39, 0.29) is 5.41 Å². The molecule has 0 radical (unpaired) electrons. The lowest BCUT2D eigenvalue weighted by molar-refractivity contribution is 0.794. The lowest BCUT2D eigenvalue weighted by Gasteiger charge is -2.31. The number of aromatic nitrogens is 1. The molecule has 2 aliphatic carbocycles. The van der Waals surface area contributed by atoms with E-state index < -0.39 is 0 Å². The fourth-order valence-corrected chi connectivity index (χ4v) is 9.27. The van der Waals surface area contributed by atoms with E-state index in [1.165, 1.54) is 66.3 Å². The van der Waals surface area contributed by atoms with Crippen molar-refractivity contribution in [2.24, 2.45) is 0 Å². The third-order valence-corrected chi connectivity index (χ3v) is 11.2. The number of anilines is 3. The van der Waals surface area contributed by atoms with Crippen molar-refractivity contribution in [1.29, 1.82) is 0 Å². The van der Waals surface area contributed by atoms with Gasteiger partial charge >= 0.3 is 0 Å². The van der Waals surface area contributed by atoms with E-state index in [0.717, 1.165) is 22.7 Å². The SMILES string of the molecule is c1ccc(N(c2ccc3c(c2)-c2ccccc2C32c3ccccc3-c3ccccc32)c2cccc3c2c2ccccc2n3-c2ccccc2)cc1. The van der Waals surface area contributed by atoms with Crippen molar-refractivity contribution < 1.29 is 0 Å². The highest BCUT2D eigenvalue weighted by atomic mass is 15.1. The molecular formula is C49H32N2. The molecule has 51 heavy (non-hydrogen) atoms. The molecule has 0 bridgehead atoms. The lowest BCUT2D eigenvalue weighted by Crippen LogP contribution is -2.25. The molecule has 0 aliphatic heterocycles. The van der Waals surface area contributed by atoms with Gasteiger partial charge in [0.05, 0.1) is 22.1 Å². The third-order valence-electron chi connectivity index (χ3n) is 11.2. The Morgan fingerprint density at radius 3 is 1.59 bits per heavy atom. The first-order chi connectivity index (χ1) is 25.3. The van der Waals surface area contributed by atoms with Crippen molar-refractivity contribution in [2.75, 3.05) is 4.90 Å². The highest BCUT2D eigenvalue weighted by molar-refractivity contribution is 6.16. The normalized spacial score (nSPS) is 13.3. The van der Waals surface area contributed by atoms with Gasteiger partial charge in [-0.05, 0) is 99.1 Å². The zero-order chi connectivity index (χ0) is 33.5. The second-order valence-electron chi connectivity index (χ2n) is 13.6. The molecule has 8 aromatic carbocycles. The van der Waals surface area contributed by atoms with Gasteiger partial charge in [0, 0.05) is 27.8 Å². The van der Waals surface area contributed by atoms with Crippen LogP contribution in [0.15, 0.2) is 194 Å². The van der Waals surface area contributed by atoms with Gasteiger partial charge in [-0.15, -0.1) is 0 Å². The van der Waals surface area contributed by atoms with Crippen LogP contribution in [0.2, 0.25) is 0 Å². The van der Waals surface area contributed by atoms with Crippen LogP contribution in [0.5, 0.6) is 0 Å². The van der Waals surface area contributed by atoms with Crippen LogP contribution >= 0.6 is 0 Å². The number of benzene rings is 8. The molecule has 2 nitrogen and oxygen atoms in total. The summed E-state index contributed by atoms with van der Waals surface area (Å²) in [5.41, 5.74) is 17.3. The van der Waals surface area contributed by atoms with E-state index in [1.807, 2.05) is 0 Å². The molecular weight excluding hydrogens is 617 g/mol. The largest absolute Gasteiger partial charge is 0.310 e. The first-order valence-electron chi connectivity index (χ1n) is 17.7. The van der Waals surface area contributed by atoms with Crippen LogP contribution < -0.4 is 4.90 Å².